The fourth-order valence-electron chi connectivity index (χ4n) is 1.60. The number of benzene rings is 1. The molecule has 0 fully saturated rings. The maximum Gasteiger partial charge on any atom is 0.329 e. The summed E-state index contributed by atoms with van der Waals surface area (Å²) in [7, 11) is 0. The van der Waals surface area contributed by atoms with E-state index in [0.717, 1.165) is 0 Å². The zero-order valence-corrected chi connectivity index (χ0v) is 11.3. The minimum absolute atomic E-state index is 0.220. The van der Waals surface area contributed by atoms with Crippen molar-refractivity contribution in [2.45, 2.75) is 0 Å². The first kappa shape index (κ1) is 14.6. The maximum absolute atomic E-state index is 11.4. The van der Waals surface area contributed by atoms with Gasteiger partial charge in [-0.1, -0.05) is 6.08 Å². The van der Waals surface area contributed by atoms with Gasteiger partial charge < -0.3 is 14.8 Å². The largest absolute Gasteiger partial charge is 0.486 e. The number of ether oxygens (including phenoxy) is 2. The van der Waals surface area contributed by atoms with Gasteiger partial charge in [0.25, 0.3) is 0 Å². The number of fused-ring (bicyclic) bond motifs is 1. The lowest BCUT2D eigenvalue weighted by Gasteiger charge is -2.18. The van der Waals surface area contributed by atoms with Gasteiger partial charge in [-0.3, -0.25) is 9.59 Å². The molecule has 1 aliphatic heterocycles. The number of nitrogens with one attached hydrogen (secondary N) is 2. The standard InChI is InChI=1S/C14H15N3O4/c1-2-5-15-13(18)14(19)17-16-9-10-3-4-11-12(8-10)21-7-6-20-11/h2-4,8-9H,1,5-7H2,(H,15,18)(H,17,19)/b16-9+. The van der Waals surface area contributed by atoms with Crippen LogP contribution in [0.1, 0.15) is 5.56 Å². The van der Waals surface area contributed by atoms with Crippen molar-refractivity contribution in [2.75, 3.05) is 19.8 Å². The Labute approximate surface area is 121 Å². The molecule has 0 unspecified atom stereocenters. The van der Waals surface area contributed by atoms with Gasteiger partial charge >= 0.3 is 11.8 Å². The normalized spacial score (nSPS) is 12.8. The number of hydrogen-bond acceptors (Lipinski definition) is 5. The molecule has 2 rings (SSSR count). The molecular formula is C14H15N3O4. The molecule has 0 bridgehead atoms. The summed E-state index contributed by atoms with van der Waals surface area (Å²) < 4.78 is 10.8. The van der Waals surface area contributed by atoms with E-state index < -0.39 is 11.8 Å². The number of carbonyl (C=O) groups excluding carboxylic acids is 2. The second-order valence-electron chi connectivity index (χ2n) is 4.10. The lowest BCUT2D eigenvalue weighted by molar-refractivity contribution is -0.139. The van der Waals surface area contributed by atoms with Gasteiger partial charge in [-0.05, 0) is 23.8 Å². The van der Waals surface area contributed by atoms with Gasteiger partial charge in [0.1, 0.15) is 13.2 Å². The van der Waals surface area contributed by atoms with Gasteiger partial charge in [-0.25, -0.2) is 5.43 Å². The van der Waals surface area contributed by atoms with Crippen LogP contribution in [0.2, 0.25) is 0 Å². The molecule has 0 saturated carbocycles. The van der Waals surface area contributed by atoms with Crippen LogP contribution in [0.25, 0.3) is 0 Å². The molecule has 2 amide bonds. The zero-order chi connectivity index (χ0) is 15.1. The fraction of sp³-hybridized carbons (Fsp3) is 0.214. The highest BCUT2D eigenvalue weighted by atomic mass is 16.6. The molecule has 7 heteroatoms. The molecule has 1 aromatic carbocycles. The molecular weight excluding hydrogens is 274 g/mol. The second-order valence-corrected chi connectivity index (χ2v) is 4.10. The van der Waals surface area contributed by atoms with E-state index in [2.05, 4.69) is 22.4 Å². The van der Waals surface area contributed by atoms with E-state index in [-0.39, 0.29) is 6.54 Å². The molecule has 21 heavy (non-hydrogen) atoms. The van der Waals surface area contributed by atoms with Gasteiger partial charge in [-0.2, -0.15) is 5.10 Å². The molecule has 110 valence electrons. The first-order valence-electron chi connectivity index (χ1n) is 6.32. The molecule has 2 N–H and O–H groups in total. The molecule has 1 aliphatic rings. The summed E-state index contributed by atoms with van der Waals surface area (Å²) in [5.74, 6) is -0.314. The summed E-state index contributed by atoms with van der Waals surface area (Å²) in [6, 6.07) is 5.26. The van der Waals surface area contributed by atoms with Crippen LogP contribution in [-0.4, -0.2) is 37.8 Å². The highest BCUT2D eigenvalue weighted by Gasteiger charge is 2.12. The predicted octanol–water partition coefficient (Wildman–Crippen LogP) is 0.210. The van der Waals surface area contributed by atoms with Gasteiger partial charge in [0.15, 0.2) is 11.5 Å². The van der Waals surface area contributed by atoms with E-state index in [4.69, 9.17) is 9.47 Å². The third-order valence-electron chi connectivity index (χ3n) is 2.56. The summed E-state index contributed by atoms with van der Waals surface area (Å²) in [6.07, 6.45) is 2.89. The number of carbonyl (C=O) groups is 2. The summed E-state index contributed by atoms with van der Waals surface area (Å²) in [6.45, 7) is 4.67. The molecule has 0 radical (unpaired) electrons. The summed E-state index contributed by atoms with van der Waals surface area (Å²) >= 11 is 0. The average Bonchev–Trinajstić information content (AvgIpc) is 2.52. The Hall–Kier alpha value is -2.83. The van der Waals surface area contributed by atoms with Gasteiger partial charge in [0, 0.05) is 6.54 Å². The smallest absolute Gasteiger partial charge is 0.329 e. The molecule has 0 atom stereocenters. The maximum atomic E-state index is 11.4. The lowest BCUT2D eigenvalue weighted by atomic mass is 10.2. The Balaban J connectivity index is 1.90. The molecule has 0 saturated heterocycles. The van der Waals surface area contributed by atoms with Crippen LogP contribution in [0.4, 0.5) is 0 Å². The third kappa shape index (κ3) is 4.07. The molecule has 1 heterocycles. The zero-order valence-electron chi connectivity index (χ0n) is 11.3. The van der Waals surface area contributed by atoms with E-state index in [9.17, 15) is 9.59 Å². The molecule has 0 aromatic heterocycles. The highest BCUT2D eigenvalue weighted by Crippen LogP contribution is 2.30. The Bertz CT molecular complexity index is 584. The third-order valence-corrected chi connectivity index (χ3v) is 2.56. The van der Waals surface area contributed by atoms with Crippen LogP contribution >= 0.6 is 0 Å². The number of hydrogen-bond donors (Lipinski definition) is 2. The predicted molar refractivity (Wildman–Crippen MR) is 76.4 cm³/mol. The van der Waals surface area contributed by atoms with Crippen LogP contribution in [0, 0.1) is 0 Å². The summed E-state index contributed by atoms with van der Waals surface area (Å²) in [5, 5.41) is 6.05. The number of nitrogens with zero attached hydrogens (tertiary/aromatic N) is 1. The summed E-state index contributed by atoms with van der Waals surface area (Å²) in [5.41, 5.74) is 2.85. The topological polar surface area (TPSA) is 89.0 Å². The minimum Gasteiger partial charge on any atom is -0.486 e. The number of hydrazone groups is 1. The molecule has 0 aliphatic carbocycles. The first-order chi connectivity index (χ1) is 10.2. The van der Waals surface area contributed by atoms with Crippen molar-refractivity contribution in [1.29, 1.82) is 0 Å². The lowest BCUT2D eigenvalue weighted by Crippen LogP contribution is -2.37. The van der Waals surface area contributed by atoms with E-state index >= 15 is 0 Å². The van der Waals surface area contributed by atoms with Crippen molar-refractivity contribution in [3.8, 4) is 11.5 Å². The van der Waals surface area contributed by atoms with Gasteiger partial charge in [-0.15, -0.1) is 6.58 Å². The van der Waals surface area contributed by atoms with E-state index in [1.807, 2.05) is 0 Å². The van der Waals surface area contributed by atoms with Gasteiger partial charge in [0.05, 0.1) is 6.21 Å². The Morgan fingerprint density at radius 1 is 1.24 bits per heavy atom. The number of amides is 2. The second kappa shape index (κ2) is 7.09. The Morgan fingerprint density at radius 3 is 2.76 bits per heavy atom. The number of rotatable bonds is 4. The van der Waals surface area contributed by atoms with E-state index in [1.165, 1.54) is 12.3 Å². The van der Waals surface area contributed by atoms with Crippen LogP contribution in [0.5, 0.6) is 11.5 Å². The Morgan fingerprint density at radius 2 is 2.00 bits per heavy atom. The van der Waals surface area contributed by atoms with E-state index in [1.54, 1.807) is 18.2 Å². The van der Waals surface area contributed by atoms with Crippen LogP contribution in [0.3, 0.4) is 0 Å². The van der Waals surface area contributed by atoms with Crippen molar-refractivity contribution >= 4 is 18.0 Å². The Kier molecular flexibility index (Phi) is 4.92. The SMILES string of the molecule is C=CCNC(=O)C(=O)N/N=C/c1ccc2c(c1)OCCO2. The van der Waals surface area contributed by atoms with E-state index in [0.29, 0.717) is 30.3 Å². The van der Waals surface area contributed by atoms with Crippen LogP contribution in [0.15, 0.2) is 36.0 Å². The minimum atomic E-state index is -0.842. The van der Waals surface area contributed by atoms with Crippen molar-refractivity contribution in [3.05, 3.63) is 36.4 Å². The van der Waals surface area contributed by atoms with Crippen molar-refractivity contribution < 1.29 is 19.1 Å². The summed E-state index contributed by atoms with van der Waals surface area (Å²) in [4.78, 5) is 22.6. The van der Waals surface area contributed by atoms with Gasteiger partial charge in [0.2, 0.25) is 0 Å². The van der Waals surface area contributed by atoms with Crippen LogP contribution < -0.4 is 20.2 Å². The average molecular weight is 289 g/mol. The molecule has 1 aromatic rings. The molecule has 0 spiro atoms. The molecule has 7 nitrogen and oxygen atoms in total. The van der Waals surface area contributed by atoms with Crippen LogP contribution in [-0.2, 0) is 9.59 Å². The van der Waals surface area contributed by atoms with Crippen molar-refractivity contribution in [1.82, 2.24) is 10.7 Å². The fourth-order valence-corrected chi connectivity index (χ4v) is 1.60. The van der Waals surface area contributed by atoms with Crippen molar-refractivity contribution in [2.24, 2.45) is 5.10 Å². The quantitative estimate of drug-likeness (QED) is 0.359. The highest BCUT2D eigenvalue weighted by molar-refractivity contribution is 6.35. The van der Waals surface area contributed by atoms with Crippen molar-refractivity contribution in [3.63, 3.8) is 0 Å². The first-order valence-corrected chi connectivity index (χ1v) is 6.32. The monoisotopic (exact) mass is 289 g/mol.